The highest BCUT2D eigenvalue weighted by Gasteiger charge is 2.39. The normalized spacial score (nSPS) is 22.5. The van der Waals surface area contributed by atoms with Gasteiger partial charge in [-0.05, 0) is 57.8 Å². The van der Waals surface area contributed by atoms with E-state index in [0.717, 1.165) is 0 Å². The van der Waals surface area contributed by atoms with Crippen LogP contribution in [-0.4, -0.2) is 30.6 Å². The van der Waals surface area contributed by atoms with Crippen LogP contribution >= 0.6 is 11.3 Å². The van der Waals surface area contributed by atoms with Crippen LogP contribution in [0, 0.1) is 0 Å². The van der Waals surface area contributed by atoms with E-state index in [9.17, 15) is 0 Å². The van der Waals surface area contributed by atoms with Gasteiger partial charge in [0.05, 0.1) is 6.04 Å². The van der Waals surface area contributed by atoms with Crippen molar-refractivity contribution in [3.05, 3.63) is 22.4 Å². The van der Waals surface area contributed by atoms with Crippen molar-refractivity contribution in [3.8, 4) is 0 Å². The highest BCUT2D eigenvalue weighted by atomic mass is 32.1. The first kappa shape index (κ1) is 13.1. The molecule has 0 radical (unpaired) electrons. The smallest absolute Gasteiger partial charge is 0.0596 e. The Labute approximate surface area is 109 Å². The van der Waals surface area contributed by atoms with Crippen molar-refractivity contribution in [2.45, 2.75) is 44.7 Å². The predicted molar refractivity (Wildman–Crippen MR) is 75.6 cm³/mol. The van der Waals surface area contributed by atoms with E-state index in [1.807, 2.05) is 11.3 Å². The van der Waals surface area contributed by atoms with E-state index < -0.39 is 0 Å². The third kappa shape index (κ3) is 2.42. The maximum Gasteiger partial charge on any atom is 0.0596 e. The van der Waals surface area contributed by atoms with Crippen LogP contribution in [0.2, 0.25) is 0 Å². The Morgan fingerprint density at radius 3 is 2.65 bits per heavy atom. The summed E-state index contributed by atoms with van der Waals surface area (Å²) in [5.74, 6) is 0. The molecule has 17 heavy (non-hydrogen) atoms. The predicted octanol–water partition coefficient (Wildman–Crippen LogP) is 3.27. The van der Waals surface area contributed by atoms with Gasteiger partial charge in [-0.3, -0.25) is 4.90 Å². The molecule has 0 spiro atoms. The summed E-state index contributed by atoms with van der Waals surface area (Å²) in [7, 11) is 2.09. The minimum atomic E-state index is 0.246. The molecular weight excluding hydrogens is 228 g/mol. The summed E-state index contributed by atoms with van der Waals surface area (Å²) < 4.78 is 0. The van der Waals surface area contributed by atoms with Crippen molar-refractivity contribution in [1.82, 2.24) is 10.2 Å². The van der Waals surface area contributed by atoms with Crippen LogP contribution in [0.1, 0.15) is 44.0 Å². The molecule has 96 valence electrons. The van der Waals surface area contributed by atoms with Gasteiger partial charge in [-0.2, -0.15) is 0 Å². The third-order valence-corrected chi connectivity index (χ3v) is 5.22. The SMILES string of the molecule is CCC(C)(C(NC)c1cccs1)N1CCCC1. The Kier molecular flexibility index (Phi) is 4.23. The fraction of sp³-hybridized carbons (Fsp3) is 0.714. The molecule has 1 aromatic rings. The summed E-state index contributed by atoms with van der Waals surface area (Å²) in [6.45, 7) is 7.25. The molecule has 2 rings (SSSR count). The van der Waals surface area contributed by atoms with Gasteiger partial charge in [0.15, 0.2) is 0 Å². The van der Waals surface area contributed by atoms with Crippen LogP contribution in [0.3, 0.4) is 0 Å². The first-order chi connectivity index (χ1) is 8.22. The first-order valence-corrected chi connectivity index (χ1v) is 7.56. The Morgan fingerprint density at radius 1 is 1.47 bits per heavy atom. The zero-order chi connectivity index (χ0) is 12.3. The molecule has 0 amide bonds. The van der Waals surface area contributed by atoms with Crippen molar-refractivity contribution < 1.29 is 0 Å². The molecule has 1 aliphatic heterocycles. The van der Waals surface area contributed by atoms with Crippen LogP contribution < -0.4 is 5.32 Å². The molecule has 1 aliphatic rings. The van der Waals surface area contributed by atoms with Gasteiger partial charge in [0.1, 0.15) is 0 Å². The Morgan fingerprint density at radius 2 is 2.18 bits per heavy atom. The molecule has 1 N–H and O–H groups in total. The maximum atomic E-state index is 3.54. The van der Waals surface area contributed by atoms with Crippen LogP contribution in [0.15, 0.2) is 17.5 Å². The molecule has 2 nitrogen and oxygen atoms in total. The van der Waals surface area contributed by atoms with Gasteiger partial charge in [-0.25, -0.2) is 0 Å². The van der Waals surface area contributed by atoms with Crippen LogP contribution in [0.25, 0.3) is 0 Å². The van der Waals surface area contributed by atoms with Crippen molar-refractivity contribution in [3.63, 3.8) is 0 Å². The number of likely N-dealkylation sites (tertiary alicyclic amines) is 1. The second-order valence-electron chi connectivity index (χ2n) is 5.14. The quantitative estimate of drug-likeness (QED) is 0.865. The lowest BCUT2D eigenvalue weighted by atomic mass is 9.86. The summed E-state index contributed by atoms with van der Waals surface area (Å²) in [5.41, 5.74) is 0.246. The van der Waals surface area contributed by atoms with Crippen molar-refractivity contribution >= 4 is 11.3 Å². The topological polar surface area (TPSA) is 15.3 Å². The van der Waals surface area contributed by atoms with Crippen molar-refractivity contribution in [1.29, 1.82) is 0 Å². The zero-order valence-corrected chi connectivity index (χ0v) is 12.0. The second kappa shape index (κ2) is 5.51. The van der Waals surface area contributed by atoms with Crippen molar-refractivity contribution in [2.75, 3.05) is 20.1 Å². The Bertz CT molecular complexity index is 330. The average molecular weight is 252 g/mol. The molecule has 1 aromatic heterocycles. The Hall–Kier alpha value is -0.380. The zero-order valence-electron chi connectivity index (χ0n) is 11.2. The summed E-state index contributed by atoms with van der Waals surface area (Å²) in [6.07, 6.45) is 3.91. The molecule has 0 aromatic carbocycles. The number of hydrogen-bond donors (Lipinski definition) is 1. The van der Waals surface area contributed by atoms with E-state index >= 15 is 0 Å². The van der Waals surface area contributed by atoms with Gasteiger partial charge < -0.3 is 5.32 Å². The van der Waals surface area contributed by atoms with Crippen LogP contribution in [0.5, 0.6) is 0 Å². The highest BCUT2D eigenvalue weighted by Crippen LogP contribution is 2.37. The van der Waals surface area contributed by atoms with Gasteiger partial charge in [-0.15, -0.1) is 11.3 Å². The second-order valence-corrected chi connectivity index (χ2v) is 6.12. The monoisotopic (exact) mass is 252 g/mol. The minimum Gasteiger partial charge on any atom is -0.311 e. The lowest BCUT2D eigenvalue weighted by molar-refractivity contribution is 0.0887. The fourth-order valence-corrected chi connectivity index (χ4v) is 4.03. The van der Waals surface area contributed by atoms with Crippen LogP contribution in [0.4, 0.5) is 0 Å². The molecular formula is C14H24N2S. The lowest BCUT2D eigenvalue weighted by Gasteiger charge is -2.44. The molecule has 0 saturated carbocycles. The first-order valence-electron chi connectivity index (χ1n) is 6.68. The summed E-state index contributed by atoms with van der Waals surface area (Å²) >= 11 is 1.87. The Balaban J connectivity index is 2.25. The third-order valence-electron chi connectivity index (χ3n) is 4.28. The molecule has 2 unspecified atom stereocenters. The van der Waals surface area contributed by atoms with Gasteiger partial charge in [0.2, 0.25) is 0 Å². The molecule has 1 saturated heterocycles. The maximum absolute atomic E-state index is 3.54. The number of hydrogen-bond acceptors (Lipinski definition) is 3. The van der Waals surface area contributed by atoms with E-state index in [1.54, 1.807) is 0 Å². The molecule has 0 aliphatic carbocycles. The largest absolute Gasteiger partial charge is 0.311 e. The van der Waals surface area contributed by atoms with E-state index in [1.165, 1.54) is 37.2 Å². The van der Waals surface area contributed by atoms with Crippen molar-refractivity contribution in [2.24, 2.45) is 0 Å². The average Bonchev–Trinajstić information content (AvgIpc) is 3.02. The summed E-state index contributed by atoms with van der Waals surface area (Å²) in [4.78, 5) is 4.14. The van der Waals surface area contributed by atoms with Crippen LogP contribution in [-0.2, 0) is 0 Å². The molecule has 2 atom stereocenters. The van der Waals surface area contributed by atoms with E-state index in [2.05, 4.69) is 48.6 Å². The summed E-state index contributed by atoms with van der Waals surface area (Å²) in [6, 6.07) is 4.87. The number of nitrogens with zero attached hydrogens (tertiary/aromatic N) is 1. The number of rotatable bonds is 5. The van der Waals surface area contributed by atoms with Gasteiger partial charge in [0, 0.05) is 10.4 Å². The number of nitrogens with one attached hydrogen (secondary N) is 1. The fourth-order valence-electron chi connectivity index (χ4n) is 3.05. The van der Waals surface area contributed by atoms with Gasteiger partial charge in [-0.1, -0.05) is 13.0 Å². The molecule has 3 heteroatoms. The summed E-state index contributed by atoms with van der Waals surface area (Å²) in [5, 5.41) is 5.72. The molecule has 1 fully saturated rings. The standard InChI is InChI=1S/C14H24N2S/c1-4-14(2,16-9-5-6-10-16)13(15-3)12-8-7-11-17-12/h7-8,11,13,15H,4-6,9-10H2,1-3H3. The highest BCUT2D eigenvalue weighted by molar-refractivity contribution is 7.10. The van der Waals surface area contributed by atoms with Gasteiger partial charge >= 0.3 is 0 Å². The van der Waals surface area contributed by atoms with Gasteiger partial charge in [0.25, 0.3) is 0 Å². The van der Waals surface area contributed by atoms with E-state index in [0.29, 0.717) is 6.04 Å². The minimum absolute atomic E-state index is 0.246. The molecule has 0 bridgehead atoms. The molecule has 2 heterocycles. The number of thiophene rings is 1. The van der Waals surface area contributed by atoms with E-state index in [4.69, 9.17) is 0 Å². The lowest BCUT2D eigenvalue weighted by Crippen LogP contribution is -2.52. The number of likely N-dealkylation sites (N-methyl/N-ethyl adjacent to an activating group) is 1. The van der Waals surface area contributed by atoms with E-state index in [-0.39, 0.29) is 5.54 Å².